The minimum atomic E-state index is -0.304. The van der Waals surface area contributed by atoms with E-state index in [1.54, 1.807) is 6.07 Å². The number of hydrogen-bond donors (Lipinski definition) is 0. The molecule has 150 valence electrons. The molecule has 2 aromatic rings. The normalized spacial score (nSPS) is 18.6. The van der Waals surface area contributed by atoms with E-state index in [2.05, 4.69) is 5.16 Å². The van der Waals surface area contributed by atoms with E-state index in [9.17, 15) is 14.0 Å². The van der Waals surface area contributed by atoms with Crippen molar-refractivity contribution >= 4 is 34.5 Å². The van der Waals surface area contributed by atoms with Gasteiger partial charge >= 0.3 is 0 Å². The summed E-state index contributed by atoms with van der Waals surface area (Å²) in [5.41, 5.74) is 1.37. The Hall–Kier alpha value is -2.09. The SMILES string of the molecule is O=C(CCC(=O)N1CCC(c2noc3ccc(F)cc23)CC1)N1CCSCC1. The molecule has 8 heteroatoms. The lowest BCUT2D eigenvalue weighted by Crippen LogP contribution is -2.40. The molecule has 2 aliphatic rings. The van der Waals surface area contributed by atoms with Gasteiger partial charge in [-0.2, -0.15) is 11.8 Å². The quantitative estimate of drug-likeness (QED) is 0.782. The average Bonchev–Trinajstić information content (AvgIpc) is 3.15. The molecule has 1 aromatic heterocycles. The van der Waals surface area contributed by atoms with E-state index in [0.29, 0.717) is 18.7 Å². The zero-order valence-electron chi connectivity index (χ0n) is 15.7. The van der Waals surface area contributed by atoms with Crippen molar-refractivity contribution in [2.75, 3.05) is 37.7 Å². The zero-order chi connectivity index (χ0) is 19.5. The highest BCUT2D eigenvalue weighted by Crippen LogP contribution is 2.33. The lowest BCUT2D eigenvalue weighted by atomic mass is 9.91. The van der Waals surface area contributed by atoms with Crippen LogP contribution in [0.1, 0.15) is 37.3 Å². The highest BCUT2D eigenvalue weighted by Gasteiger charge is 2.28. The van der Waals surface area contributed by atoms with Gasteiger partial charge in [0.1, 0.15) is 5.82 Å². The fourth-order valence-corrected chi connectivity index (χ4v) is 4.87. The summed E-state index contributed by atoms with van der Waals surface area (Å²) in [6.07, 6.45) is 2.09. The van der Waals surface area contributed by atoms with Crippen LogP contribution in [0.2, 0.25) is 0 Å². The van der Waals surface area contributed by atoms with Gasteiger partial charge in [0, 0.05) is 61.8 Å². The lowest BCUT2D eigenvalue weighted by Gasteiger charge is -2.31. The number of amides is 2. The number of likely N-dealkylation sites (tertiary alicyclic amines) is 1. The molecular formula is C20H24FN3O3S. The Balaban J connectivity index is 1.29. The van der Waals surface area contributed by atoms with E-state index in [1.807, 2.05) is 21.6 Å². The molecule has 0 radical (unpaired) electrons. The first kappa shape index (κ1) is 19.2. The smallest absolute Gasteiger partial charge is 0.223 e. The van der Waals surface area contributed by atoms with Crippen molar-refractivity contribution in [1.29, 1.82) is 0 Å². The van der Waals surface area contributed by atoms with E-state index >= 15 is 0 Å². The van der Waals surface area contributed by atoms with Gasteiger partial charge in [0.15, 0.2) is 5.58 Å². The van der Waals surface area contributed by atoms with Crippen LogP contribution >= 0.6 is 11.8 Å². The summed E-state index contributed by atoms with van der Waals surface area (Å²) in [5, 5.41) is 4.86. The van der Waals surface area contributed by atoms with Crippen LogP contribution in [0, 0.1) is 5.82 Å². The molecule has 2 fully saturated rings. The summed E-state index contributed by atoms with van der Waals surface area (Å²) in [6, 6.07) is 4.42. The highest BCUT2D eigenvalue weighted by molar-refractivity contribution is 7.99. The summed E-state index contributed by atoms with van der Waals surface area (Å²) in [7, 11) is 0. The first-order valence-electron chi connectivity index (χ1n) is 9.80. The molecular weight excluding hydrogens is 381 g/mol. The van der Waals surface area contributed by atoms with Gasteiger partial charge < -0.3 is 14.3 Å². The number of benzene rings is 1. The molecule has 3 heterocycles. The first-order valence-corrected chi connectivity index (χ1v) is 11.0. The van der Waals surface area contributed by atoms with Crippen molar-refractivity contribution in [3.63, 3.8) is 0 Å². The number of fused-ring (bicyclic) bond motifs is 1. The number of halogens is 1. The Morgan fingerprint density at radius 2 is 1.71 bits per heavy atom. The van der Waals surface area contributed by atoms with Crippen molar-refractivity contribution < 1.29 is 18.5 Å². The van der Waals surface area contributed by atoms with Gasteiger partial charge in [-0.15, -0.1) is 0 Å². The largest absolute Gasteiger partial charge is 0.356 e. The summed E-state index contributed by atoms with van der Waals surface area (Å²) < 4.78 is 18.9. The number of hydrogen-bond acceptors (Lipinski definition) is 5. The molecule has 1 aromatic carbocycles. The number of thioether (sulfide) groups is 1. The van der Waals surface area contributed by atoms with Gasteiger partial charge in [-0.3, -0.25) is 9.59 Å². The molecule has 0 aliphatic carbocycles. The average molecular weight is 405 g/mol. The maximum absolute atomic E-state index is 13.6. The molecule has 0 spiro atoms. The number of nitrogens with zero attached hydrogens (tertiary/aromatic N) is 3. The number of carbonyl (C=O) groups is 2. The fraction of sp³-hybridized carbons (Fsp3) is 0.550. The number of carbonyl (C=O) groups excluding carboxylic acids is 2. The molecule has 2 aliphatic heterocycles. The van der Waals surface area contributed by atoms with E-state index in [-0.39, 0.29) is 36.4 Å². The van der Waals surface area contributed by atoms with Crippen LogP contribution < -0.4 is 0 Å². The second-order valence-electron chi connectivity index (χ2n) is 7.36. The summed E-state index contributed by atoms with van der Waals surface area (Å²) in [5.74, 6) is 1.93. The number of piperidine rings is 1. The Bertz CT molecular complexity index is 857. The van der Waals surface area contributed by atoms with Crippen molar-refractivity contribution in [2.45, 2.75) is 31.6 Å². The predicted octanol–water partition coefficient (Wildman–Crippen LogP) is 3.03. The van der Waals surface area contributed by atoms with Gasteiger partial charge in [0.25, 0.3) is 0 Å². The predicted molar refractivity (Wildman–Crippen MR) is 106 cm³/mol. The topological polar surface area (TPSA) is 66.7 Å². The minimum absolute atomic E-state index is 0.0363. The maximum Gasteiger partial charge on any atom is 0.223 e. The van der Waals surface area contributed by atoms with E-state index in [1.165, 1.54) is 12.1 Å². The van der Waals surface area contributed by atoms with Crippen LogP contribution in [0.25, 0.3) is 11.0 Å². The molecule has 2 amide bonds. The van der Waals surface area contributed by atoms with Crippen LogP contribution in [0.3, 0.4) is 0 Å². The maximum atomic E-state index is 13.6. The van der Waals surface area contributed by atoms with Gasteiger partial charge in [0.2, 0.25) is 11.8 Å². The van der Waals surface area contributed by atoms with Crippen molar-refractivity contribution in [3.8, 4) is 0 Å². The van der Waals surface area contributed by atoms with E-state index in [4.69, 9.17) is 4.52 Å². The third-order valence-corrected chi connectivity index (χ3v) is 6.55. The Kier molecular flexibility index (Phi) is 5.85. The second kappa shape index (κ2) is 8.51. The third kappa shape index (κ3) is 4.16. The Morgan fingerprint density at radius 3 is 2.39 bits per heavy atom. The van der Waals surface area contributed by atoms with E-state index < -0.39 is 0 Å². The standard InChI is InChI=1S/C20H24FN3O3S/c21-15-1-2-17-16(13-15)20(22-27-17)14-5-7-23(8-6-14)18(25)3-4-19(26)24-9-11-28-12-10-24/h1-2,13-14H,3-12H2. The molecule has 0 atom stereocenters. The number of rotatable bonds is 4. The summed E-state index contributed by atoms with van der Waals surface area (Å²) >= 11 is 1.86. The Morgan fingerprint density at radius 1 is 1.07 bits per heavy atom. The second-order valence-corrected chi connectivity index (χ2v) is 8.58. The summed E-state index contributed by atoms with van der Waals surface area (Å²) in [4.78, 5) is 28.4. The molecule has 28 heavy (non-hydrogen) atoms. The molecule has 0 unspecified atom stereocenters. The first-order chi connectivity index (χ1) is 13.6. The van der Waals surface area contributed by atoms with Crippen LogP contribution in [0.5, 0.6) is 0 Å². The van der Waals surface area contributed by atoms with E-state index in [0.717, 1.165) is 48.5 Å². The molecule has 2 saturated heterocycles. The Labute approximate surface area is 167 Å². The van der Waals surface area contributed by atoms with Gasteiger partial charge in [-0.25, -0.2) is 4.39 Å². The minimum Gasteiger partial charge on any atom is -0.356 e. The van der Waals surface area contributed by atoms with Gasteiger partial charge in [0.05, 0.1) is 5.69 Å². The highest BCUT2D eigenvalue weighted by atomic mass is 32.2. The van der Waals surface area contributed by atoms with Gasteiger partial charge in [-0.05, 0) is 31.0 Å². The molecule has 0 saturated carbocycles. The van der Waals surface area contributed by atoms with Crippen LogP contribution in [-0.4, -0.2) is 64.5 Å². The lowest BCUT2D eigenvalue weighted by molar-refractivity contribution is -0.137. The number of aromatic nitrogens is 1. The molecule has 4 rings (SSSR count). The van der Waals surface area contributed by atoms with Crippen LogP contribution in [0.15, 0.2) is 22.7 Å². The zero-order valence-corrected chi connectivity index (χ0v) is 16.5. The molecule has 6 nitrogen and oxygen atoms in total. The monoisotopic (exact) mass is 405 g/mol. The van der Waals surface area contributed by atoms with Crippen LogP contribution in [0.4, 0.5) is 4.39 Å². The van der Waals surface area contributed by atoms with Gasteiger partial charge in [-0.1, -0.05) is 5.16 Å². The van der Waals surface area contributed by atoms with Crippen LogP contribution in [-0.2, 0) is 9.59 Å². The van der Waals surface area contributed by atoms with Crippen molar-refractivity contribution in [1.82, 2.24) is 15.0 Å². The molecule has 0 N–H and O–H groups in total. The summed E-state index contributed by atoms with van der Waals surface area (Å²) in [6.45, 7) is 2.83. The molecule has 0 bridgehead atoms. The fourth-order valence-electron chi connectivity index (χ4n) is 3.97. The van der Waals surface area contributed by atoms with Crippen molar-refractivity contribution in [2.24, 2.45) is 0 Å². The van der Waals surface area contributed by atoms with Crippen molar-refractivity contribution in [3.05, 3.63) is 29.7 Å². The third-order valence-electron chi connectivity index (χ3n) is 5.61.